The molecule has 2 unspecified atom stereocenters. The van der Waals surface area contributed by atoms with Crippen molar-refractivity contribution in [2.24, 2.45) is 23.9 Å². The van der Waals surface area contributed by atoms with Gasteiger partial charge in [0, 0.05) is 45.0 Å². The molecule has 0 bridgehead atoms. The molecular weight excluding hydrogens is 286 g/mol. The Bertz CT molecular complexity index is 536. The van der Waals surface area contributed by atoms with Crippen LogP contribution in [0.1, 0.15) is 51.1 Å². The molecule has 0 spiro atoms. The smallest absolute Gasteiger partial charge is 0.193 e. The standard InChI is InChI=1S/C18H33N5/c1-7-16-15(17(8-2)22(6)21-16)10-20-18(19-5)23-11-13(3)9-14(4)12-23/h13-14H,7-12H2,1-6H3,(H,19,20). The van der Waals surface area contributed by atoms with Gasteiger partial charge in [0.2, 0.25) is 0 Å². The van der Waals surface area contributed by atoms with Crippen LogP contribution in [0.4, 0.5) is 0 Å². The monoisotopic (exact) mass is 319 g/mol. The molecular formula is C18H33N5. The molecule has 1 aromatic rings. The van der Waals surface area contributed by atoms with Crippen molar-refractivity contribution < 1.29 is 0 Å². The Morgan fingerprint density at radius 2 is 1.87 bits per heavy atom. The molecule has 23 heavy (non-hydrogen) atoms. The van der Waals surface area contributed by atoms with Gasteiger partial charge in [-0.15, -0.1) is 0 Å². The molecule has 5 nitrogen and oxygen atoms in total. The van der Waals surface area contributed by atoms with Gasteiger partial charge in [-0.2, -0.15) is 5.10 Å². The third kappa shape index (κ3) is 4.06. The number of piperidine rings is 1. The van der Waals surface area contributed by atoms with E-state index in [9.17, 15) is 0 Å². The van der Waals surface area contributed by atoms with Crippen LogP contribution in [0.2, 0.25) is 0 Å². The summed E-state index contributed by atoms with van der Waals surface area (Å²) in [6.45, 7) is 12.0. The lowest BCUT2D eigenvalue weighted by Crippen LogP contribution is -2.48. The highest BCUT2D eigenvalue weighted by Gasteiger charge is 2.24. The average Bonchev–Trinajstić information content (AvgIpc) is 2.82. The predicted octanol–water partition coefficient (Wildman–Crippen LogP) is 2.60. The summed E-state index contributed by atoms with van der Waals surface area (Å²) in [6.07, 6.45) is 3.30. The topological polar surface area (TPSA) is 45.5 Å². The van der Waals surface area contributed by atoms with E-state index in [1.165, 1.54) is 23.4 Å². The van der Waals surface area contributed by atoms with E-state index >= 15 is 0 Å². The van der Waals surface area contributed by atoms with Crippen molar-refractivity contribution in [2.75, 3.05) is 20.1 Å². The van der Waals surface area contributed by atoms with Crippen molar-refractivity contribution in [3.05, 3.63) is 17.0 Å². The number of aryl methyl sites for hydroxylation is 2. The van der Waals surface area contributed by atoms with E-state index in [0.717, 1.165) is 50.3 Å². The predicted molar refractivity (Wildman–Crippen MR) is 96.7 cm³/mol. The van der Waals surface area contributed by atoms with E-state index in [-0.39, 0.29) is 0 Å². The quantitative estimate of drug-likeness (QED) is 0.685. The molecule has 130 valence electrons. The second-order valence-corrected chi connectivity index (χ2v) is 6.95. The lowest BCUT2D eigenvalue weighted by molar-refractivity contribution is 0.208. The van der Waals surface area contributed by atoms with E-state index in [1.54, 1.807) is 0 Å². The summed E-state index contributed by atoms with van der Waals surface area (Å²) >= 11 is 0. The van der Waals surface area contributed by atoms with Gasteiger partial charge in [-0.05, 0) is 31.1 Å². The van der Waals surface area contributed by atoms with Crippen LogP contribution in [-0.4, -0.2) is 40.8 Å². The minimum absolute atomic E-state index is 0.730. The van der Waals surface area contributed by atoms with Gasteiger partial charge in [-0.1, -0.05) is 27.7 Å². The fourth-order valence-corrected chi connectivity index (χ4v) is 3.93. The number of hydrogen-bond donors (Lipinski definition) is 1. The number of aliphatic imine (C=N–C) groups is 1. The number of aromatic nitrogens is 2. The second-order valence-electron chi connectivity index (χ2n) is 6.95. The first-order valence-corrected chi connectivity index (χ1v) is 8.99. The zero-order chi connectivity index (χ0) is 17.0. The number of hydrogen-bond acceptors (Lipinski definition) is 2. The number of rotatable bonds is 4. The molecule has 1 N–H and O–H groups in total. The van der Waals surface area contributed by atoms with Crippen LogP contribution in [-0.2, 0) is 26.4 Å². The summed E-state index contributed by atoms with van der Waals surface area (Å²) < 4.78 is 2.03. The molecule has 2 rings (SSSR count). The molecule has 2 heterocycles. The Labute approximate surface area is 141 Å². The highest BCUT2D eigenvalue weighted by atomic mass is 15.3. The summed E-state index contributed by atoms with van der Waals surface area (Å²) in [6, 6.07) is 0. The maximum absolute atomic E-state index is 4.66. The van der Waals surface area contributed by atoms with Crippen molar-refractivity contribution in [2.45, 2.75) is 53.5 Å². The van der Waals surface area contributed by atoms with E-state index in [0.29, 0.717) is 0 Å². The SMILES string of the molecule is CCc1nn(C)c(CC)c1CNC(=NC)N1CC(C)CC(C)C1. The Morgan fingerprint density at radius 1 is 1.22 bits per heavy atom. The number of likely N-dealkylation sites (tertiary alicyclic amines) is 1. The molecule has 1 aromatic heterocycles. The van der Waals surface area contributed by atoms with Gasteiger partial charge in [0.1, 0.15) is 0 Å². The van der Waals surface area contributed by atoms with Crippen LogP contribution >= 0.6 is 0 Å². The number of nitrogens with zero attached hydrogens (tertiary/aromatic N) is 4. The fraction of sp³-hybridized carbons (Fsp3) is 0.778. The van der Waals surface area contributed by atoms with Crippen LogP contribution in [0.15, 0.2) is 4.99 Å². The Kier molecular flexibility index (Phi) is 6.08. The lowest BCUT2D eigenvalue weighted by Gasteiger charge is -2.37. The molecule has 0 aliphatic carbocycles. The maximum atomic E-state index is 4.66. The Balaban J connectivity index is 2.09. The highest BCUT2D eigenvalue weighted by Crippen LogP contribution is 2.21. The zero-order valence-electron chi connectivity index (χ0n) is 15.7. The van der Waals surface area contributed by atoms with Gasteiger partial charge < -0.3 is 10.2 Å². The molecule has 0 saturated carbocycles. The summed E-state index contributed by atoms with van der Waals surface area (Å²) in [4.78, 5) is 6.93. The molecule has 1 fully saturated rings. The van der Waals surface area contributed by atoms with Crippen LogP contribution in [0.25, 0.3) is 0 Å². The second kappa shape index (κ2) is 7.84. The van der Waals surface area contributed by atoms with Crippen molar-refractivity contribution in [3.63, 3.8) is 0 Å². The zero-order valence-corrected chi connectivity index (χ0v) is 15.7. The molecule has 0 aromatic carbocycles. The van der Waals surface area contributed by atoms with E-state index < -0.39 is 0 Å². The maximum Gasteiger partial charge on any atom is 0.193 e. The summed E-state index contributed by atoms with van der Waals surface area (Å²) in [5, 5.41) is 8.25. The third-order valence-corrected chi connectivity index (χ3v) is 4.83. The van der Waals surface area contributed by atoms with Gasteiger partial charge in [-0.25, -0.2) is 0 Å². The van der Waals surface area contributed by atoms with E-state index in [4.69, 9.17) is 0 Å². The van der Waals surface area contributed by atoms with Crippen LogP contribution in [0, 0.1) is 11.8 Å². The molecule has 1 aliphatic rings. The summed E-state index contributed by atoms with van der Waals surface area (Å²) in [7, 11) is 3.93. The van der Waals surface area contributed by atoms with Gasteiger partial charge in [0.15, 0.2) is 5.96 Å². The highest BCUT2D eigenvalue weighted by molar-refractivity contribution is 5.80. The van der Waals surface area contributed by atoms with Crippen molar-refractivity contribution in [1.82, 2.24) is 20.0 Å². The normalized spacial score (nSPS) is 22.5. The molecule has 0 amide bonds. The van der Waals surface area contributed by atoms with Gasteiger partial charge in [0.25, 0.3) is 0 Å². The number of nitrogens with one attached hydrogen (secondary N) is 1. The van der Waals surface area contributed by atoms with Crippen LogP contribution in [0.3, 0.4) is 0 Å². The van der Waals surface area contributed by atoms with E-state index in [2.05, 4.69) is 48.0 Å². The molecule has 2 atom stereocenters. The van der Waals surface area contributed by atoms with Gasteiger partial charge in [0.05, 0.1) is 5.69 Å². The largest absolute Gasteiger partial charge is 0.352 e. The third-order valence-electron chi connectivity index (χ3n) is 4.83. The number of guanidine groups is 1. The molecule has 0 radical (unpaired) electrons. The molecule has 5 heteroatoms. The van der Waals surface area contributed by atoms with Gasteiger partial charge >= 0.3 is 0 Å². The summed E-state index contributed by atoms with van der Waals surface area (Å²) in [5.74, 6) is 2.48. The lowest BCUT2D eigenvalue weighted by atomic mass is 9.92. The van der Waals surface area contributed by atoms with E-state index in [1.807, 2.05) is 18.8 Å². The van der Waals surface area contributed by atoms with Crippen LogP contribution in [0.5, 0.6) is 0 Å². The minimum atomic E-state index is 0.730. The first-order chi connectivity index (χ1) is 11.0. The Morgan fingerprint density at radius 3 is 2.39 bits per heavy atom. The first-order valence-electron chi connectivity index (χ1n) is 8.99. The molecule has 1 saturated heterocycles. The van der Waals surface area contributed by atoms with Gasteiger partial charge in [-0.3, -0.25) is 9.67 Å². The fourth-order valence-electron chi connectivity index (χ4n) is 3.93. The molecule has 1 aliphatic heterocycles. The van der Waals surface area contributed by atoms with Crippen LogP contribution < -0.4 is 5.32 Å². The first kappa shape index (κ1) is 17.8. The average molecular weight is 319 g/mol. The minimum Gasteiger partial charge on any atom is -0.352 e. The van der Waals surface area contributed by atoms with Crippen molar-refractivity contribution in [3.8, 4) is 0 Å². The Hall–Kier alpha value is -1.52. The van der Waals surface area contributed by atoms with Crippen molar-refractivity contribution >= 4 is 5.96 Å². The van der Waals surface area contributed by atoms with Crippen molar-refractivity contribution in [1.29, 1.82) is 0 Å². The summed E-state index contributed by atoms with van der Waals surface area (Å²) in [5.41, 5.74) is 3.87.